The topological polar surface area (TPSA) is 317 Å². The van der Waals surface area contributed by atoms with Crippen LogP contribution in [0.25, 0.3) is 0 Å². The predicted molar refractivity (Wildman–Crippen MR) is 357 cm³/mol. The molecule has 12 atom stereocenters. The van der Waals surface area contributed by atoms with E-state index in [1.165, 1.54) is 87.9 Å². The molecule has 0 bridgehead atoms. The van der Waals surface area contributed by atoms with E-state index in [4.69, 9.17) is 4.74 Å². The van der Waals surface area contributed by atoms with Gasteiger partial charge in [-0.15, -0.1) is 0 Å². The highest BCUT2D eigenvalue weighted by Crippen LogP contribution is 2.26. The number of unbranched alkanes of at least 4 members (excludes halogenated alkanes) is 1. The third-order valence-electron chi connectivity index (χ3n) is 17.3. The van der Waals surface area contributed by atoms with E-state index in [0.717, 1.165) is 9.80 Å². The maximum absolute atomic E-state index is 15.3. The van der Waals surface area contributed by atoms with Gasteiger partial charge >= 0.3 is 6.09 Å². The highest BCUT2D eigenvalue weighted by atomic mass is 16.5. The Hall–Kier alpha value is -6.86. The number of aliphatic hydroxyl groups excluding tert-OH is 1. The number of ether oxygens (including phenoxy) is 1. The van der Waals surface area contributed by atoms with Crippen LogP contribution in [0, 0.1) is 41.4 Å². The zero-order chi connectivity index (χ0) is 71.8. The van der Waals surface area contributed by atoms with Crippen LogP contribution in [-0.2, 0) is 57.5 Å². The lowest BCUT2D eigenvalue weighted by molar-refractivity contribution is -0.157. The Morgan fingerprint density at radius 3 is 1.46 bits per heavy atom. The summed E-state index contributed by atoms with van der Waals surface area (Å²) in [5.74, 6) is -10.2. The fourth-order valence-corrected chi connectivity index (χ4v) is 11.5. The number of alkyl carbamates (subject to hydrolysis) is 1. The van der Waals surface area contributed by atoms with E-state index < -0.39 is 162 Å². The molecule has 1 heterocycles. The first kappa shape index (κ1) is 84.2. The first-order valence-corrected chi connectivity index (χ1v) is 33.3. The van der Waals surface area contributed by atoms with Crippen LogP contribution in [0.2, 0.25) is 0 Å². The van der Waals surface area contributed by atoms with Gasteiger partial charge in [-0.25, -0.2) is 4.79 Å². The molecule has 12 amide bonds. The van der Waals surface area contributed by atoms with Crippen LogP contribution in [-0.4, -0.2) is 247 Å². The van der Waals surface area contributed by atoms with Gasteiger partial charge in [0.2, 0.25) is 65.0 Å². The minimum Gasteiger partial charge on any atom is -0.453 e. The summed E-state index contributed by atoms with van der Waals surface area (Å²) >= 11 is 0. The number of hydrogen-bond donors (Lipinski definition) is 6. The summed E-state index contributed by atoms with van der Waals surface area (Å²) in [6, 6.07) is -12.8. The van der Waals surface area contributed by atoms with Crippen molar-refractivity contribution in [2.75, 3.05) is 69.5 Å². The molecule has 1 saturated heterocycles. The Bertz CT molecular complexity index is 2540. The average molecular weight is 1320 g/mol. The number of hydrogen-bond acceptors (Lipinski definition) is 14. The molecule has 93 heavy (non-hydrogen) atoms. The fourth-order valence-electron chi connectivity index (χ4n) is 11.5. The van der Waals surface area contributed by atoms with Crippen molar-refractivity contribution in [2.24, 2.45) is 41.4 Å². The second-order valence-electron chi connectivity index (χ2n) is 27.8. The molecule has 1 aliphatic heterocycles. The highest BCUT2D eigenvalue weighted by molar-refractivity contribution is 5.99. The second-order valence-corrected chi connectivity index (χ2v) is 27.8. The Balaban J connectivity index is 4.47. The van der Waals surface area contributed by atoms with Crippen molar-refractivity contribution in [1.82, 2.24) is 60.9 Å². The van der Waals surface area contributed by atoms with E-state index in [2.05, 4.69) is 26.6 Å². The van der Waals surface area contributed by atoms with Crippen LogP contribution in [0.5, 0.6) is 0 Å². The van der Waals surface area contributed by atoms with Crippen LogP contribution in [0.3, 0.4) is 0 Å². The van der Waals surface area contributed by atoms with Crippen molar-refractivity contribution in [2.45, 2.75) is 235 Å². The van der Waals surface area contributed by atoms with Crippen molar-refractivity contribution >= 4 is 71.1 Å². The fraction of sp³-hybridized carbons (Fsp3) is 0.791. The first-order valence-electron chi connectivity index (χ1n) is 33.3. The maximum Gasteiger partial charge on any atom is 0.406 e. The summed E-state index contributed by atoms with van der Waals surface area (Å²) in [6.07, 6.45) is 2.79. The summed E-state index contributed by atoms with van der Waals surface area (Å²) < 4.78 is 4.71. The summed E-state index contributed by atoms with van der Waals surface area (Å²) in [5.41, 5.74) is 0. The largest absolute Gasteiger partial charge is 0.453 e. The molecule has 6 N–H and O–H groups in total. The molecule has 1 rings (SSSR count). The number of likely N-dealkylation sites (N-methyl/N-ethyl adjacent to an activating group) is 7. The minimum atomic E-state index is -1.63. The predicted octanol–water partition coefficient (Wildman–Crippen LogP) is 3.78. The zero-order valence-corrected chi connectivity index (χ0v) is 60.7. The number of rotatable bonds is 20. The van der Waals surface area contributed by atoms with Gasteiger partial charge in [0.25, 0.3) is 0 Å². The average Bonchev–Trinajstić information content (AvgIpc) is 0.891. The summed E-state index contributed by atoms with van der Waals surface area (Å²) in [4.78, 5) is 183. The van der Waals surface area contributed by atoms with Gasteiger partial charge in [0, 0.05) is 55.9 Å². The van der Waals surface area contributed by atoms with Crippen molar-refractivity contribution in [3.8, 4) is 0 Å². The van der Waals surface area contributed by atoms with Crippen molar-refractivity contribution in [1.29, 1.82) is 0 Å². The van der Waals surface area contributed by atoms with E-state index in [0.29, 0.717) is 12.8 Å². The van der Waals surface area contributed by atoms with Crippen molar-refractivity contribution in [3.63, 3.8) is 0 Å². The molecule has 0 aromatic rings. The number of amides is 12. The van der Waals surface area contributed by atoms with Gasteiger partial charge in [-0.05, 0) is 113 Å². The summed E-state index contributed by atoms with van der Waals surface area (Å²) in [6.45, 7) is 27.9. The van der Waals surface area contributed by atoms with E-state index in [1.54, 1.807) is 60.6 Å². The van der Waals surface area contributed by atoms with Gasteiger partial charge in [-0.2, -0.15) is 0 Å². The molecule has 1 fully saturated rings. The van der Waals surface area contributed by atoms with E-state index >= 15 is 19.2 Å². The van der Waals surface area contributed by atoms with Gasteiger partial charge in [0.05, 0.1) is 19.8 Å². The molecule has 0 aromatic heterocycles. The lowest BCUT2D eigenvalue weighted by Crippen LogP contribution is -2.63. The van der Waals surface area contributed by atoms with Gasteiger partial charge in [-0.1, -0.05) is 109 Å². The molecule has 0 radical (unpaired) electrons. The van der Waals surface area contributed by atoms with Crippen LogP contribution in [0.15, 0.2) is 12.2 Å². The van der Waals surface area contributed by atoms with Gasteiger partial charge in [-0.3, -0.25) is 52.7 Å². The van der Waals surface area contributed by atoms with Crippen LogP contribution in [0.4, 0.5) is 4.79 Å². The zero-order valence-electron chi connectivity index (χ0n) is 60.7. The van der Waals surface area contributed by atoms with E-state index in [-0.39, 0.29) is 75.2 Å². The standard InChI is InChI=1S/C67H120N12O14/c1-25-27-30-44(15)56(81)55-60(85)70-46(26-2)61(86)73(17)37-52(80)74(18)48(33-38(3)4)59(84)72-53(42(11)12)65(90)75(19)49(34-39(5)6)58(83)69-45(16)57(82)71-47(31-28-29-32-68-67(92)93-24)62(87)76(20)50(35-40(7)8)63(88)77(21)51(36-41(9)10)64(89)78(22)54(43(13)14)66(91)79(55)23/h25,27,38-51,53-56,81H,26,28-37H2,1-24H3,(H,68,92)(H,69,83)(H,70,85)(H,71,82)(H,72,84)/b27-25+/t44-,45+,46+,47-,48+,49+,50+,51+,53+,54+,55+,56-/m1/s1. The number of methoxy groups -OCH3 is 1. The molecule has 26 nitrogen and oxygen atoms in total. The molecule has 0 spiro atoms. The molecule has 0 aromatic carbocycles. The maximum atomic E-state index is 15.3. The number of carbonyl (C=O) groups is 12. The molecule has 26 heteroatoms. The van der Waals surface area contributed by atoms with Gasteiger partial charge in [0.1, 0.15) is 60.4 Å². The first-order chi connectivity index (χ1) is 43.1. The smallest absolute Gasteiger partial charge is 0.406 e. The van der Waals surface area contributed by atoms with Crippen LogP contribution in [0.1, 0.15) is 169 Å². The third kappa shape index (κ3) is 25.1. The number of allylic oxidation sites excluding steroid dienone is 2. The van der Waals surface area contributed by atoms with Crippen molar-refractivity contribution in [3.05, 3.63) is 12.2 Å². The Labute approximate surface area is 555 Å². The summed E-state index contributed by atoms with van der Waals surface area (Å²) in [7, 11) is 11.1. The Morgan fingerprint density at radius 1 is 0.538 bits per heavy atom. The van der Waals surface area contributed by atoms with E-state index in [9.17, 15) is 43.5 Å². The number of aliphatic hydroxyl groups is 1. The lowest BCUT2D eigenvalue weighted by atomic mass is 9.91. The van der Waals surface area contributed by atoms with Gasteiger partial charge < -0.3 is 70.7 Å². The number of nitrogens with zero attached hydrogens (tertiary/aromatic N) is 7. The van der Waals surface area contributed by atoms with Gasteiger partial charge in [0.15, 0.2) is 0 Å². The van der Waals surface area contributed by atoms with Crippen molar-refractivity contribution < 1.29 is 67.4 Å². The minimum absolute atomic E-state index is 0.00821. The number of carbonyl (C=O) groups excluding carboxylic acids is 12. The molecule has 0 aliphatic carbocycles. The lowest BCUT2D eigenvalue weighted by Gasteiger charge is -2.41. The molecular weight excluding hydrogens is 1200 g/mol. The monoisotopic (exact) mass is 1320 g/mol. The molecule has 0 unspecified atom stereocenters. The van der Waals surface area contributed by atoms with Crippen LogP contribution < -0.4 is 26.6 Å². The number of nitrogens with one attached hydrogen (secondary N) is 5. The SMILES string of the molecule is C/C=C/C[C@@H](C)[C@@H](O)[C@H]1C(=O)N[C@@H](CC)C(=O)N(C)CC(=O)N(C)[C@@H](CC(C)C)C(=O)N[C@@H](C(C)C)C(=O)N(C)[C@@H](CC(C)C)C(=O)N[C@@H](C)C(=O)N[C@H](CCCCNC(=O)OC)C(=O)N(C)[C@@H](CC(C)C)C(=O)N(C)[C@@H](CC(C)C)C(=O)N(C)[C@@H](C(C)C)C(=O)N1C. The van der Waals surface area contributed by atoms with E-state index in [1.807, 2.05) is 55.4 Å². The normalized spacial score (nSPS) is 25.5. The quantitative estimate of drug-likeness (QED) is 0.0747. The van der Waals surface area contributed by atoms with Crippen LogP contribution >= 0.6 is 0 Å². The Morgan fingerprint density at radius 2 is 0.989 bits per heavy atom. The third-order valence-corrected chi connectivity index (χ3v) is 17.3. The summed E-state index contributed by atoms with van der Waals surface area (Å²) in [5, 5.41) is 25.9. The Kier molecular flexibility index (Phi) is 36.0. The molecule has 1 aliphatic rings. The highest BCUT2D eigenvalue weighted by Gasteiger charge is 2.46. The molecule has 532 valence electrons. The molecular formula is C67H120N12O14. The second kappa shape index (κ2) is 39.8. The molecule has 0 saturated carbocycles.